The Hall–Kier alpha value is -0.650. The molecular formula is C12H23N3O2. The predicted octanol–water partition coefficient (Wildman–Crippen LogP) is -0.469. The number of nitrogens with zero attached hydrogens (tertiary/aromatic N) is 2. The molecule has 0 unspecified atom stereocenters. The lowest BCUT2D eigenvalue weighted by Crippen LogP contribution is -2.43. The Kier molecular flexibility index (Phi) is 5.22. The Morgan fingerprint density at radius 1 is 1.06 bits per heavy atom. The molecule has 5 nitrogen and oxygen atoms in total. The van der Waals surface area contributed by atoms with Crippen molar-refractivity contribution in [1.29, 1.82) is 0 Å². The lowest BCUT2D eigenvalue weighted by atomic mass is 10.4. The smallest absolute Gasteiger partial charge is 0.234 e. The minimum atomic E-state index is 0.167. The van der Waals surface area contributed by atoms with E-state index in [0.29, 0.717) is 6.54 Å². The highest BCUT2D eigenvalue weighted by molar-refractivity contribution is 5.78. The molecule has 2 heterocycles. The average Bonchev–Trinajstić information content (AvgIpc) is 2.83. The largest absolute Gasteiger partial charge is 0.379 e. The Labute approximate surface area is 103 Å². The van der Waals surface area contributed by atoms with Crippen LogP contribution in [0.4, 0.5) is 0 Å². The van der Waals surface area contributed by atoms with Crippen LogP contribution in [0.1, 0.15) is 12.8 Å². The first-order valence-electron chi connectivity index (χ1n) is 6.64. The average molecular weight is 241 g/mol. The molecule has 0 atom stereocenters. The van der Waals surface area contributed by atoms with Crippen molar-refractivity contribution in [2.24, 2.45) is 0 Å². The molecule has 2 aliphatic rings. The maximum absolute atomic E-state index is 11.6. The molecule has 0 radical (unpaired) electrons. The Morgan fingerprint density at radius 3 is 2.47 bits per heavy atom. The van der Waals surface area contributed by atoms with Gasteiger partial charge in [-0.3, -0.25) is 14.6 Å². The van der Waals surface area contributed by atoms with Gasteiger partial charge >= 0.3 is 0 Å². The van der Waals surface area contributed by atoms with Crippen LogP contribution in [0.25, 0.3) is 0 Å². The second-order valence-electron chi connectivity index (χ2n) is 4.79. The Bertz CT molecular complexity index is 236. The molecule has 1 N–H and O–H groups in total. The van der Waals surface area contributed by atoms with Gasteiger partial charge in [0.05, 0.1) is 19.8 Å². The first-order chi connectivity index (χ1) is 8.34. The summed E-state index contributed by atoms with van der Waals surface area (Å²) >= 11 is 0. The third-order valence-corrected chi connectivity index (χ3v) is 3.42. The van der Waals surface area contributed by atoms with E-state index in [4.69, 9.17) is 4.74 Å². The molecule has 0 saturated carbocycles. The predicted molar refractivity (Wildman–Crippen MR) is 65.9 cm³/mol. The van der Waals surface area contributed by atoms with Gasteiger partial charge in [-0.05, 0) is 25.9 Å². The van der Waals surface area contributed by atoms with Gasteiger partial charge in [0.25, 0.3) is 0 Å². The van der Waals surface area contributed by atoms with E-state index in [1.165, 1.54) is 12.8 Å². The van der Waals surface area contributed by atoms with Gasteiger partial charge in [-0.25, -0.2) is 0 Å². The lowest BCUT2D eigenvalue weighted by Gasteiger charge is -2.26. The van der Waals surface area contributed by atoms with E-state index < -0.39 is 0 Å². The van der Waals surface area contributed by atoms with Crippen molar-refractivity contribution in [2.75, 3.05) is 59.0 Å². The van der Waals surface area contributed by atoms with E-state index >= 15 is 0 Å². The van der Waals surface area contributed by atoms with E-state index in [1.807, 2.05) is 0 Å². The van der Waals surface area contributed by atoms with Crippen molar-refractivity contribution in [2.45, 2.75) is 12.8 Å². The topological polar surface area (TPSA) is 44.8 Å². The van der Waals surface area contributed by atoms with Gasteiger partial charge in [0.15, 0.2) is 0 Å². The number of ether oxygens (including phenoxy) is 1. The van der Waals surface area contributed by atoms with Gasteiger partial charge in [-0.1, -0.05) is 0 Å². The molecule has 0 aliphatic carbocycles. The van der Waals surface area contributed by atoms with Crippen LogP contribution in [0, 0.1) is 0 Å². The fourth-order valence-corrected chi connectivity index (χ4v) is 2.38. The maximum Gasteiger partial charge on any atom is 0.234 e. The highest BCUT2D eigenvalue weighted by Gasteiger charge is 2.15. The van der Waals surface area contributed by atoms with Gasteiger partial charge in [-0.15, -0.1) is 0 Å². The zero-order valence-electron chi connectivity index (χ0n) is 10.5. The van der Waals surface area contributed by atoms with Crippen molar-refractivity contribution >= 4 is 5.91 Å². The number of nitrogens with one attached hydrogen (secondary N) is 1. The molecule has 0 aromatic rings. The van der Waals surface area contributed by atoms with Crippen LogP contribution in [0.2, 0.25) is 0 Å². The third-order valence-electron chi connectivity index (χ3n) is 3.42. The Balaban J connectivity index is 1.53. The Morgan fingerprint density at radius 2 is 1.76 bits per heavy atom. The number of hydrogen-bond donors (Lipinski definition) is 1. The summed E-state index contributed by atoms with van der Waals surface area (Å²) in [5, 5.41) is 2.99. The molecule has 2 saturated heterocycles. The molecule has 2 rings (SSSR count). The fourth-order valence-electron chi connectivity index (χ4n) is 2.38. The number of hydrogen-bond acceptors (Lipinski definition) is 4. The van der Waals surface area contributed by atoms with Gasteiger partial charge in [0.2, 0.25) is 5.91 Å². The van der Waals surface area contributed by atoms with Crippen LogP contribution in [0.5, 0.6) is 0 Å². The first kappa shape index (κ1) is 12.8. The first-order valence-corrected chi connectivity index (χ1v) is 6.64. The van der Waals surface area contributed by atoms with Crippen molar-refractivity contribution in [3.8, 4) is 0 Å². The minimum Gasteiger partial charge on any atom is -0.379 e. The molecule has 5 heteroatoms. The molecule has 0 aromatic heterocycles. The van der Waals surface area contributed by atoms with Gasteiger partial charge in [-0.2, -0.15) is 0 Å². The molecule has 2 fully saturated rings. The zero-order valence-corrected chi connectivity index (χ0v) is 10.5. The molecule has 0 aromatic carbocycles. The highest BCUT2D eigenvalue weighted by atomic mass is 16.5. The normalized spacial score (nSPS) is 22.8. The molecule has 0 spiro atoms. The van der Waals surface area contributed by atoms with Crippen molar-refractivity contribution in [1.82, 2.24) is 15.1 Å². The van der Waals surface area contributed by atoms with Crippen LogP contribution in [-0.4, -0.2) is 74.7 Å². The SMILES string of the molecule is O=C(CN1CCCC1)NCCN1CCOCC1. The molecule has 0 bridgehead atoms. The summed E-state index contributed by atoms with van der Waals surface area (Å²) in [4.78, 5) is 16.2. The second kappa shape index (κ2) is 6.93. The summed E-state index contributed by atoms with van der Waals surface area (Å²) in [5.41, 5.74) is 0. The molecular weight excluding hydrogens is 218 g/mol. The minimum absolute atomic E-state index is 0.167. The molecule has 98 valence electrons. The number of carbonyl (C=O) groups excluding carboxylic acids is 1. The number of amides is 1. The standard InChI is InChI=1S/C12H23N3O2/c16-12(11-15-4-1-2-5-15)13-3-6-14-7-9-17-10-8-14/h1-11H2,(H,13,16). The van der Waals surface area contributed by atoms with Gasteiger partial charge < -0.3 is 10.1 Å². The molecule has 17 heavy (non-hydrogen) atoms. The van der Waals surface area contributed by atoms with Gasteiger partial charge in [0, 0.05) is 26.2 Å². The summed E-state index contributed by atoms with van der Waals surface area (Å²) in [6, 6.07) is 0. The summed E-state index contributed by atoms with van der Waals surface area (Å²) in [6.45, 7) is 8.05. The fraction of sp³-hybridized carbons (Fsp3) is 0.917. The van der Waals surface area contributed by atoms with Crippen molar-refractivity contribution in [3.63, 3.8) is 0 Å². The van der Waals surface area contributed by atoms with Crippen molar-refractivity contribution < 1.29 is 9.53 Å². The van der Waals surface area contributed by atoms with Crippen LogP contribution in [0.3, 0.4) is 0 Å². The molecule has 1 amide bonds. The zero-order chi connectivity index (χ0) is 11.9. The van der Waals surface area contributed by atoms with Crippen LogP contribution in [0.15, 0.2) is 0 Å². The van der Waals surface area contributed by atoms with E-state index in [-0.39, 0.29) is 5.91 Å². The van der Waals surface area contributed by atoms with Gasteiger partial charge in [0.1, 0.15) is 0 Å². The van der Waals surface area contributed by atoms with Crippen LogP contribution >= 0.6 is 0 Å². The lowest BCUT2D eigenvalue weighted by molar-refractivity contribution is -0.122. The summed E-state index contributed by atoms with van der Waals surface area (Å²) < 4.78 is 5.28. The summed E-state index contributed by atoms with van der Waals surface area (Å²) in [7, 11) is 0. The van der Waals surface area contributed by atoms with Crippen LogP contribution in [-0.2, 0) is 9.53 Å². The summed E-state index contributed by atoms with van der Waals surface area (Å²) in [6.07, 6.45) is 2.47. The van der Waals surface area contributed by atoms with E-state index in [2.05, 4.69) is 15.1 Å². The number of carbonyl (C=O) groups is 1. The summed E-state index contributed by atoms with van der Waals surface area (Å²) in [5.74, 6) is 0.167. The maximum atomic E-state index is 11.6. The number of rotatable bonds is 5. The number of morpholine rings is 1. The van der Waals surface area contributed by atoms with E-state index in [1.54, 1.807) is 0 Å². The number of likely N-dealkylation sites (tertiary alicyclic amines) is 1. The third kappa shape index (κ3) is 4.61. The second-order valence-corrected chi connectivity index (χ2v) is 4.79. The van der Waals surface area contributed by atoms with Crippen molar-refractivity contribution in [3.05, 3.63) is 0 Å². The van der Waals surface area contributed by atoms with Crippen LogP contribution < -0.4 is 5.32 Å². The molecule has 2 aliphatic heterocycles. The highest BCUT2D eigenvalue weighted by Crippen LogP contribution is 2.05. The van der Waals surface area contributed by atoms with E-state index in [0.717, 1.165) is 52.5 Å². The quantitative estimate of drug-likeness (QED) is 0.707. The van der Waals surface area contributed by atoms with E-state index in [9.17, 15) is 4.79 Å². The monoisotopic (exact) mass is 241 g/mol.